The first-order valence-electron chi connectivity index (χ1n) is 7.39. The van der Waals surface area contributed by atoms with E-state index in [9.17, 15) is 0 Å². The Bertz CT molecular complexity index is 581. The molecule has 0 N–H and O–H groups in total. The standard InChI is InChI=1S/C16H21ClN2S/c1-20-15-9-5-4-8-14(15)19-13-7-3-2-6-12(13)18-16(19)10-11-17/h2-3,6-7,14-15H,4-5,8-11H2,1H3. The quantitative estimate of drug-likeness (QED) is 0.764. The highest BCUT2D eigenvalue weighted by Crippen LogP contribution is 2.38. The molecular weight excluding hydrogens is 288 g/mol. The molecule has 1 aliphatic carbocycles. The summed E-state index contributed by atoms with van der Waals surface area (Å²) in [6, 6.07) is 9.07. The maximum absolute atomic E-state index is 5.99. The van der Waals surface area contributed by atoms with Crippen molar-refractivity contribution in [1.29, 1.82) is 0 Å². The topological polar surface area (TPSA) is 17.8 Å². The minimum absolute atomic E-state index is 0.573. The fraction of sp³-hybridized carbons (Fsp3) is 0.562. The van der Waals surface area contributed by atoms with Crippen LogP contribution >= 0.6 is 23.4 Å². The van der Waals surface area contributed by atoms with Crippen LogP contribution in [-0.4, -0.2) is 26.9 Å². The summed E-state index contributed by atoms with van der Waals surface area (Å²) in [6.07, 6.45) is 8.37. The van der Waals surface area contributed by atoms with E-state index in [-0.39, 0.29) is 0 Å². The summed E-state index contributed by atoms with van der Waals surface area (Å²) in [4.78, 5) is 4.82. The number of rotatable bonds is 4. The Kier molecular flexibility index (Phi) is 4.57. The molecule has 2 aromatic rings. The smallest absolute Gasteiger partial charge is 0.111 e. The number of aromatic nitrogens is 2. The predicted octanol–water partition coefficient (Wildman–Crippen LogP) is 4.66. The van der Waals surface area contributed by atoms with Gasteiger partial charge >= 0.3 is 0 Å². The maximum Gasteiger partial charge on any atom is 0.111 e. The van der Waals surface area contributed by atoms with Crippen molar-refractivity contribution >= 4 is 34.4 Å². The van der Waals surface area contributed by atoms with Crippen molar-refractivity contribution in [3.63, 3.8) is 0 Å². The largest absolute Gasteiger partial charge is 0.324 e. The SMILES string of the molecule is CSC1CCCCC1n1c(CCCl)nc2ccccc21. The van der Waals surface area contributed by atoms with Crippen LogP contribution in [0, 0.1) is 0 Å². The number of hydrogen-bond acceptors (Lipinski definition) is 2. The Labute approximate surface area is 129 Å². The number of aryl methyl sites for hydroxylation is 1. The van der Waals surface area contributed by atoms with E-state index in [1.807, 2.05) is 11.8 Å². The van der Waals surface area contributed by atoms with Crippen molar-refractivity contribution in [2.45, 2.75) is 43.4 Å². The molecule has 2 unspecified atom stereocenters. The predicted molar refractivity (Wildman–Crippen MR) is 89.0 cm³/mol. The molecule has 0 spiro atoms. The number of benzene rings is 1. The summed E-state index contributed by atoms with van der Waals surface area (Å²) in [5.41, 5.74) is 2.39. The Balaban J connectivity index is 2.09. The van der Waals surface area contributed by atoms with Crippen molar-refractivity contribution < 1.29 is 0 Å². The average Bonchev–Trinajstić information content (AvgIpc) is 2.85. The van der Waals surface area contributed by atoms with E-state index in [0.29, 0.717) is 17.2 Å². The van der Waals surface area contributed by atoms with Gasteiger partial charge in [-0.05, 0) is 31.2 Å². The van der Waals surface area contributed by atoms with Crippen molar-refractivity contribution in [2.24, 2.45) is 0 Å². The van der Waals surface area contributed by atoms with E-state index < -0.39 is 0 Å². The van der Waals surface area contributed by atoms with Crippen LogP contribution in [0.15, 0.2) is 24.3 Å². The molecule has 1 fully saturated rings. The first-order chi connectivity index (χ1) is 9.85. The van der Waals surface area contributed by atoms with Gasteiger partial charge in [0.1, 0.15) is 5.82 Å². The van der Waals surface area contributed by atoms with Crippen molar-refractivity contribution in [3.8, 4) is 0 Å². The van der Waals surface area contributed by atoms with Gasteiger partial charge in [-0.15, -0.1) is 11.6 Å². The van der Waals surface area contributed by atoms with Gasteiger partial charge in [0.2, 0.25) is 0 Å². The summed E-state index contributed by atoms with van der Waals surface area (Å²) < 4.78 is 2.48. The number of nitrogens with zero attached hydrogens (tertiary/aromatic N) is 2. The highest BCUT2D eigenvalue weighted by atomic mass is 35.5. The first-order valence-corrected chi connectivity index (χ1v) is 9.22. The second-order valence-corrected chi connectivity index (χ2v) is 6.91. The Morgan fingerprint density at radius 1 is 1.30 bits per heavy atom. The second kappa shape index (κ2) is 6.40. The molecule has 0 bridgehead atoms. The third kappa shape index (κ3) is 2.58. The van der Waals surface area contributed by atoms with Gasteiger partial charge in [-0.1, -0.05) is 25.0 Å². The summed E-state index contributed by atoms with van der Waals surface area (Å²) in [6.45, 7) is 0. The van der Waals surface area contributed by atoms with E-state index in [1.165, 1.54) is 31.2 Å². The minimum atomic E-state index is 0.573. The van der Waals surface area contributed by atoms with Crippen LogP contribution in [0.25, 0.3) is 11.0 Å². The van der Waals surface area contributed by atoms with Crippen molar-refractivity contribution in [2.75, 3.05) is 12.1 Å². The van der Waals surface area contributed by atoms with Gasteiger partial charge in [0.05, 0.1) is 11.0 Å². The molecule has 1 aromatic carbocycles. The molecule has 2 nitrogen and oxygen atoms in total. The van der Waals surface area contributed by atoms with E-state index in [0.717, 1.165) is 17.8 Å². The van der Waals surface area contributed by atoms with Gasteiger partial charge in [0, 0.05) is 23.6 Å². The third-order valence-corrected chi connectivity index (χ3v) is 5.63. The van der Waals surface area contributed by atoms with Crippen LogP contribution in [-0.2, 0) is 6.42 Å². The molecular formula is C16H21ClN2S. The van der Waals surface area contributed by atoms with E-state index in [4.69, 9.17) is 16.6 Å². The van der Waals surface area contributed by atoms with Crippen molar-refractivity contribution in [1.82, 2.24) is 9.55 Å². The molecule has 0 radical (unpaired) electrons. The number of thioether (sulfide) groups is 1. The Morgan fingerprint density at radius 3 is 2.90 bits per heavy atom. The molecule has 1 aliphatic rings. The lowest BCUT2D eigenvalue weighted by Gasteiger charge is -2.33. The van der Waals surface area contributed by atoms with Crippen LogP contribution in [0.1, 0.15) is 37.5 Å². The zero-order chi connectivity index (χ0) is 13.9. The van der Waals surface area contributed by atoms with E-state index in [2.05, 4.69) is 35.1 Å². The Hall–Kier alpha value is -0.670. The van der Waals surface area contributed by atoms with Crippen LogP contribution < -0.4 is 0 Å². The Morgan fingerprint density at radius 2 is 2.10 bits per heavy atom. The van der Waals surface area contributed by atoms with Gasteiger partial charge in [-0.3, -0.25) is 0 Å². The second-order valence-electron chi connectivity index (χ2n) is 5.45. The lowest BCUT2D eigenvalue weighted by atomic mass is 9.94. The zero-order valence-corrected chi connectivity index (χ0v) is 13.5. The number of fused-ring (bicyclic) bond motifs is 1. The highest BCUT2D eigenvalue weighted by Gasteiger charge is 2.28. The molecule has 1 heterocycles. The zero-order valence-electron chi connectivity index (χ0n) is 11.9. The molecule has 1 aromatic heterocycles. The third-order valence-electron chi connectivity index (χ3n) is 4.29. The molecule has 0 aliphatic heterocycles. The molecule has 4 heteroatoms. The number of halogens is 1. The van der Waals surface area contributed by atoms with Gasteiger partial charge < -0.3 is 4.57 Å². The summed E-state index contributed by atoms with van der Waals surface area (Å²) in [5, 5.41) is 0.704. The molecule has 2 atom stereocenters. The molecule has 108 valence electrons. The molecule has 20 heavy (non-hydrogen) atoms. The first kappa shape index (κ1) is 14.3. The number of imidazole rings is 1. The van der Waals surface area contributed by atoms with Gasteiger partial charge in [0.25, 0.3) is 0 Å². The van der Waals surface area contributed by atoms with Crippen LogP contribution in [0.2, 0.25) is 0 Å². The summed E-state index contributed by atoms with van der Waals surface area (Å²) >= 11 is 7.99. The lowest BCUT2D eigenvalue weighted by molar-refractivity contribution is 0.364. The number of para-hydroxylation sites is 2. The van der Waals surface area contributed by atoms with Gasteiger partial charge in [0.15, 0.2) is 0 Å². The maximum atomic E-state index is 5.99. The normalized spacial score (nSPS) is 23.3. The fourth-order valence-electron chi connectivity index (χ4n) is 3.37. The van der Waals surface area contributed by atoms with Crippen molar-refractivity contribution in [3.05, 3.63) is 30.1 Å². The monoisotopic (exact) mass is 308 g/mol. The minimum Gasteiger partial charge on any atom is -0.324 e. The summed E-state index contributed by atoms with van der Waals surface area (Å²) in [7, 11) is 0. The summed E-state index contributed by atoms with van der Waals surface area (Å²) in [5.74, 6) is 1.80. The van der Waals surface area contributed by atoms with Gasteiger partial charge in [-0.25, -0.2) is 4.98 Å². The van der Waals surface area contributed by atoms with E-state index in [1.54, 1.807) is 0 Å². The average molecular weight is 309 g/mol. The van der Waals surface area contributed by atoms with E-state index >= 15 is 0 Å². The van der Waals surface area contributed by atoms with Crippen LogP contribution in [0.5, 0.6) is 0 Å². The molecule has 0 saturated heterocycles. The number of alkyl halides is 1. The molecule has 0 amide bonds. The molecule has 3 rings (SSSR count). The number of hydrogen-bond donors (Lipinski definition) is 0. The fourth-order valence-corrected chi connectivity index (χ4v) is 4.52. The lowest BCUT2D eigenvalue weighted by Crippen LogP contribution is -2.26. The van der Waals surface area contributed by atoms with Crippen LogP contribution in [0.4, 0.5) is 0 Å². The van der Waals surface area contributed by atoms with Gasteiger partial charge in [-0.2, -0.15) is 11.8 Å². The molecule has 1 saturated carbocycles. The van der Waals surface area contributed by atoms with Crippen LogP contribution in [0.3, 0.4) is 0 Å². The highest BCUT2D eigenvalue weighted by molar-refractivity contribution is 7.99.